The van der Waals surface area contributed by atoms with Gasteiger partial charge in [0.05, 0.1) is 5.69 Å². The van der Waals surface area contributed by atoms with Gasteiger partial charge in [-0.25, -0.2) is 0 Å². The van der Waals surface area contributed by atoms with Gasteiger partial charge < -0.3 is 4.90 Å². The highest BCUT2D eigenvalue weighted by molar-refractivity contribution is 6.03. The largest absolute Gasteiger partial charge is 0.310 e. The zero-order valence-electron chi connectivity index (χ0n) is 23.5. The first-order valence-electron chi connectivity index (χ1n) is 14.6. The first-order valence-corrected chi connectivity index (χ1v) is 14.6. The summed E-state index contributed by atoms with van der Waals surface area (Å²) in [4.78, 5) is 2.42. The number of anilines is 3. The monoisotopic (exact) mass is 509 g/mol. The van der Waals surface area contributed by atoms with E-state index < -0.39 is 0 Å². The zero-order valence-corrected chi connectivity index (χ0v) is 23.5. The molecule has 0 saturated heterocycles. The number of rotatable bonds is 5. The minimum atomic E-state index is 0.118. The topological polar surface area (TPSA) is 3.24 Å². The number of nitrogens with zero attached hydrogens (tertiary/aromatic N) is 1. The minimum Gasteiger partial charge on any atom is -0.310 e. The Kier molecular flexibility index (Phi) is 7.00. The quantitative estimate of drug-likeness (QED) is 0.228. The first kappa shape index (κ1) is 25.4. The Morgan fingerprint density at radius 3 is 1.90 bits per heavy atom. The molecule has 0 N–H and O–H groups in total. The van der Waals surface area contributed by atoms with E-state index in [1.165, 1.54) is 82.2 Å². The van der Waals surface area contributed by atoms with Crippen LogP contribution in [0.3, 0.4) is 0 Å². The van der Waals surface area contributed by atoms with Gasteiger partial charge in [0.25, 0.3) is 0 Å². The van der Waals surface area contributed by atoms with Gasteiger partial charge in [-0.3, -0.25) is 0 Å². The van der Waals surface area contributed by atoms with Crippen LogP contribution in [0.5, 0.6) is 0 Å². The summed E-state index contributed by atoms with van der Waals surface area (Å²) >= 11 is 0. The minimum absolute atomic E-state index is 0.118. The molecule has 5 aromatic rings. The van der Waals surface area contributed by atoms with E-state index in [4.69, 9.17) is 0 Å². The van der Waals surface area contributed by atoms with E-state index >= 15 is 0 Å². The van der Waals surface area contributed by atoms with Gasteiger partial charge in [0.15, 0.2) is 0 Å². The predicted molar refractivity (Wildman–Crippen MR) is 169 cm³/mol. The van der Waals surface area contributed by atoms with Crippen molar-refractivity contribution in [2.24, 2.45) is 0 Å². The molecule has 6 rings (SSSR count). The number of para-hydroxylation sites is 2. The highest BCUT2D eigenvalue weighted by Gasteiger charge is 2.23. The Labute approximate surface area is 234 Å². The van der Waals surface area contributed by atoms with E-state index in [1.54, 1.807) is 0 Å². The molecule has 39 heavy (non-hydrogen) atoms. The van der Waals surface area contributed by atoms with Gasteiger partial charge in [0.1, 0.15) is 0 Å². The molecule has 0 heterocycles. The second-order valence-corrected chi connectivity index (χ2v) is 12.1. The average molecular weight is 510 g/mol. The third-order valence-corrected chi connectivity index (χ3v) is 8.42. The lowest BCUT2D eigenvalue weighted by molar-refractivity contribution is 0.445. The Hall–Kier alpha value is -3.84. The fraction of sp³-hybridized carbons (Fsp3) is 0.263. The molecule has 5 aromatic carbocycles. The van der Waals surface area contributed by atoms with Crippen LogP contribution in [0.2, 0.25) is 0 Å². The summed E-state index contributed by atoms with van der Waals surface area (Å²) < 4.78 is 0. The molecule has 0 amide bonds. The summed E-state index contributed by atoms with van der Waals surface area (Å²) in [5.41, 5.74) is 9.14. The van der Waals surface area contributed by atoms with Gasteiger partial charge in [0, 0.05) is 16.9 Å². The van der Waals surface area contributed by atoms with E-state index in [0.29, 0.717) is 5.92 Å². The molecular weight excluding hydrogens is 470 g/mol. The molecule has 0 atom stereocenters. The lowest BCUT2D eigenvalue weighted by Crippen LogP contribution is -2.13. The fourth-order valence-electron chi connectivity index (χ4n) is 6.36. The smallest absolute Gasteiger partial charge is 0.0540 e. The molecule has 0 aliphatic heterocycles. The maximum atomic E-state index is 2.42. The maximum Gasteiger partial charge on any atom is 0.0540 e. The standard InChI is InChI=1S/C38H39N/c1-38(2,3)30-24-26-32(27-25-30)39(31-18-8-5-9-19-31)36-23-11-10-20-34(36)35-22-13-17-29-16-12-21-33(37(29)35)28-14-6-4-7-15-28/h5,8-13,16-28H,4,6-7,14-15H2,1-3H3. The van der Waals surface area contributed by atoms with Crippen LogP contribution < -0.4 is 4.90 Å². The molecule has 1 fully saturated rings. The summed E-state index contributed by atoms with van der Waals surface area (Å²) in [7, 11) is 0. The van der Waals surface area contributed by atoms with Crippen molar-refractivity contribution in [1.29, 1.82) is 0 Å². The highest BCUT2D eigenvalue weighted by atomic mass is 15.1. The second kappa shape index (κ2) is 10.7. The number of benzene rings is 5. The number of fused-ring (bicyclic) bond motifs is 1. The van der Waals surface area contributed by atoms with Crippen LogP contribution in [0.4, 0.5) is 17.1 Å². The highest BCUT2D eigenvalue weighted by Crippen LogP contribution is 2.45. The SMILES string of the molecule is CC(C)(C)c1ccc(N(c2ccccc2)c2ccccc2-c2cccc3cccc(C4CCCCC4)c23)cc1. The normalized spacial score (nSPS) is 14.4. The summed E-state index contributed by atoms with van der Waals surface area (Å²) in [5, 5.41) is 2.77. The van der Waals surface area contributed by atoms with Crippen molar-refractivity contribution < 1.29 is 0 Å². The predicted octanol–water partition coefficient (Wildman–Crippen LogP) is 11.3. The Bertz CT molecular complexity index is 1550. The molecule has 1 nitrogen and oxygen atoms in total. The van der Waals surface area contributed by atoms with Crippen LogP contribution in [0.1, 0.15) is 69.9 Å². The summed E-state index contributed by atoms with van der Waals surface area (Å²) in [6.07, 6.45) is 6.64. The average Bonchev–Trinajstić information content (AvgIpc) is 2.98. The molecule has 0 spiro atoms. The van der Waals surface area contributed by atoms with Gasteiger partial charge in [-0.05, 0) is 82.0 Å². The van der Waals surface area contributed by atoms with Crippen molar-refractivity contribution in [1.82, 2.24) is 0 Å². The Morgan fingerprint density at radius 2 is 1.18 bits per heavy atom. The van der Waals surface area contributed by atoms with Gasteiger partial charge in [-0.15, -0.1) is 0 Å². The lowest BCUT2D eigenvalue weighted by atomic mass is 9.80. The molecule has 0 bridgehead atoms. The summed E-state index contributed by atoms with van der Waals surface area (Å²) in [6, 6.07) is 42.6. The molecular formula is C38H39N. The van der Waals surface area contributed by atoms with Crippen LogP contribution in [0.15, 0.2) is 115 Å². The molecule has 0 aromatic heterocycles. The van der Waals surface area contributed by atoms with E-state index in [2.05, 4.69) is 141 Å². The van der Waals surface area contributed by atoms with Gasteiger partial charge in [-0.1, -0.05) is 125 Å². The molecule has 1 aliphatic carbocycles. The van der Waals surface area contributed by atoms with Crippen molar-refractivity contribution in [2.75, 3.05) is 4.90 Å². The van der Waals surface area contributed by atoms with Crippen molar-refractivity contribution in [2.45, 2.75) is 64.2 Å². The van der Waals surface area contributed by atoms with Crippen molar-refractivity contribution >= 4 is 27.8 Å². The van der Waals surface area contributed by atoms with E-state index in [9.17, 15) is 0 Å². The fourth-order valence-corrected chi connectivity index (χ4v) is 6.36. The van der Waals surface area contributed by atoms with Crippen LogP contribution in [0, 0.1) is 0 Å². The Morgan fingerprint density at radius 1 is 0.564 bits per heavy atom. The Balaban J connectivity index is 1.56. The number of hydrogen-bond acceptors (Lipinski definition) is 1. The molecule has 0 radical (unpaired) electrons. The third-order valence-electron chi connectivity index (χ3n) is 8.42. The molecule has 1 heteroatoms. The second-order valence-electron chi connectivity index (χ2n) is 12.1. The summed E-state index contributed by atoms with van der Waals surface area (Å²) in [5.74, 6) is 0.644. The van der Waals surface area contributed by atoms with Crippen molar-refractivity contribution in [3.63, 3.8) is 0 Å². The summed E-state index contributed by atoms with van der Waals surface area (Å²) in [6.45, 7) is 6.82. The van der Waals surface area contributed by atoms with Crippen LogP contribution in [-0.4, -0.2) is 0 Å². The first-order chi connectivity index (χ1) is 19.0. The van der Waals surface area contributed by atoms with Crippen molar-refractivity contribution in [3.05, 3.63) is 126 Å². The van der Waals surface area contributed by atoms with E-state index in [-0.39, 0.29) is 5.41 Å². The lowest BCUT2D eigenvalue weighted by Gasteiger charge is -2.29. The van der Waals surface area contributed by atoms with Gasteiger partial charge >= 0.3 is 0 Å². The van der Waals surface area contributed by atoms with Crippen LogP contribution in [-0.2, 0) is 5.41 Å². The third kappa shape index (κ3) is 5.11. The van der Waals surface area contributed by atoms with Crippen LogP contribution in [0.25, 0.3) is 21.9 Å². The maximum absolute atomic E-state index is 2.42. The van der Waals surface area contributed by atoms with Crippen LogP contribution >= 0.6 is 0 Å². The number of hydrogen-bond donors (Lipinski definition) is 0. The molecule has 1 aliphatic rings. The van der Waals surface area contributed by atoms with E-state index in [0.717, 1.165) is 0 Å². The molecule has 196 valence electrons. The molecule has 0 unspecified atom stereocenters. The van der Waals surface area contributed by atoms with Gasteiger partial charge in [-0.2, -0.15) is 0 Å². The zero-order chi connectivity index (χ0) is 26.8. The molecule has 1 saturated carbocycles. The van der Waals surface area contributed by atoms with Crippen molar-refractivity contribution in [3.8, 4) is 11.1 Å². The van der Waals surface area contributed by atoms with E-state index in [1.807, 2.05) is 0 Å². The van der Waals surface area contributed by atoms with Gasteiger partial charge in [0.2, 0.25) is 0 Å².